The van der Waals surface area contributed by atoms with Crippen LogP contribution in [0.3, 0.4) is 0 Å². The SMILES string of the molecule is FC(F)n1cc(-c2cc3c(N4CCNCC4)ccnc3[nH]2)cn1. The number of halogens is 2. The summed E-state index contributed by atoms with van der Waals surface area (Å²) in [5, 5.41) is 8.01. The van der Waals surface area contributed by atoms with Crippen molar-refractivity contribution in [1.29, 1.82) is 0 Å². The predicted octanol–water partition coefficient (Wildman–Crippen LogP) is 2.23. The number of fused-ring (bicyclic) bond motifs is 1. The van der Waals surface area contributed by atoms with E-state index in [9.17, 15) is 8.78 Å². The number of hydrogen-bond acceptors (Lipinski definition) is 4. The summed E-state index contributed by atoms with van der Waals surface area (Å²) in [5.41, 5.74) is 3.22. The highest BCUT2D eigenvalue weighted by Crippen LogP contribution is 2.30. The molecular formula is C15H16F2N6. The summed E-state index contributed by atoms with van der Waals surface area (Å²) in [6.45, 7) is 1.12. The van der Waals surface area contributed by atoms with Gasteiger partial charge in [-0.3, -0.25) is 0 Å². The quantitative estimate of drug-likeness (QED) is 0.777. The lowest BCUT2D eigenvalue weighted by Crippen LogP contribution is -2.43. The Kier molecular flexibility index (Phi) is 3.45. The smallest absolute Gasteiger partial charge is 0.333 e. The molecule has 1 aliphatic heterocycles. The van der Waals surface area contributed by atoms with E-state index in [4.69, 9.17) is 0 Å². The molecule has 0 atom stereocenters. The van der Waals surface area contributed by atoms with Crippen molar-refractivity contribution in [1.82, 2.24) is 25.1 Å². The van der Waals surface area contributed by atoms with Crippen LogP contribution in [0, 0.1) is 0 Å². The molecule has 0 amide bonds. The number of rotatable bonds is 3. The lowest BCUT2D eigenvalue weighted by atomic mass is 10.2. The van der Waals surface area contributed by atoms with Crippen molar-refractivity contribution in [3.05, 3.63) is 30.7 Å². The van der Waals surface area contributed by atoms with Crippen LogP contribution in [-0.2, 0) is 0 Å². The molecule has 6 nitrogen and oxygen atoms in total. The van der Waals surface area contributed by atoms with Crippen molar-refractivity contribution in [2.24, 2.45) is 0 Å². The number of hydrogen-bond donors (Lipinski definition) is 2. The summed E-state index contributed by atoms with van der Waals surface area (Å²) < 4.78 is 26.0. The molecule has 0 bridgehead atoms. The van der Waals surface area contributed by atoms with Gasteiger partial charge in [0.15, 0.2) is 0 Å². The molecular weight excluding hydrogens is 302 g/mol. The van der Waals surface area contributed by atoms with Crippen LogP contribution in [-0.4, -0.2) is 45.9 Å². The van der Waals surface area contributed by atoms with Gasteiger partial charge in [0.1, 0.15) is 5.65 Å². The van der Waals surface area contributed by atoms with Crippen LogP contribution < -0.4 is 10.2 Å². The monoisotopic (exact) mass is 318 g/mol. The average Bonchev–Trinajstić information content (AvgIpc) is 3.22. The third kappa shape index (κ3) is 2.55. The molecule has 120 valence electrons. The third-order valence-electron chi connectivity index (χ3n) is 4.08. The maximum absolute atomic E-state index is 12.7. The summed E-state index contributed by atoms with van der Waals surface area (Å²) in [6, 6.07) is 3.94. The highest BCUT2D eigenvalue weighted by Gasteiger charge is 2.16. The Morgan fingerprint density at radius 2 is 2.04 bits per heavy atom. The van der Waals surface area contributed by atoms with E-state index in [0.29, 0.717) is 10.2 Å². The molecule has 0 radical (unpaired) electrons. The van der Waals surface area contributed by atoms with Gasteiger partial charge in [0.05, 0.1) is 11.9 Å². The van der Waals surface area contributed by atoms with Gasteiger partial charge in [0.25, 0.3) is 0 Å². The average molecular weight is 318 g/mol. The van der Waals surface area contributed by atoms with Crippen LogP contribution in [0.2, 0.25) is 0 Å². The van der Waals surface area contributed by atoms with Gasteiger partial charge in [0, 0.05) is 55.2 Å². The van der Waals surface area contributed by atoms with Crippen LogP contribution in [0.15, 0.2) is 30.7 Å². The number of nitrogens with one attached hydrogen (secondary N) is 2. The molecule has 2 N–H and O–H groups in total. The zero-order valence-electron chi connectivity index (χ0n) is 12.3. The fraction of sp³-hybridized carbons (Fsp3) is 0.333. The zero-order valence-corrected chi connectivity index (χ0v) is 12.3. The molecule has 1 fully saturated rings. The zero-order chi connectivity index (χ0) is 15.8. The van der Waals surface area contributed by atoms with Gasteiger partial charge in [-0.2, -0.15) is 13.9 Å². The van der Waals surface area contributed by atoms with Crippen molar-refractivity contribution in [2.75, 3.05) is 31.1 Å². The van der Waals surface area contributed by atoms with Crippen molar-refractivity contribution < 1.29 is 8.78 Å². The second kappa shape index (κ2) is 5.62. The topological polar surface area (TPSA) is 61.8 Å². The Morgan fingerprint density at radius 1 is 1.22 bits per heavy atom. The first-order chi connectivity index (χ1) is 11.2. The molecule has 1 aliphatic rings. The molecule has 0 aliphatic carbocycles. The van der Waals surface area contributed by atoms with Gasteiger partial charge >= 0.3 is 6.55 Å². The van der Waals surface area contributed by atoms with E-state index >= 15 is 0 Å². The summed E-state index contributed by atoms with van der Waals surface area (Å²) in [4.78, 5) is 9.85. The molecule has 8 heteroatoms. The molecule has 1 saturated heterocycles. The molecule has 0 spiro atoms. The van der Waals surface area contributed by atoms with E-state index in [0.717, 1.165) is 48.6 Å². The number of pyridine rings is 1. The Balaban J connectivity index is 1.75. The van der Waals surface area contributed by atoms with Crippen molar-refractivity contribution in [3.63, 3.8) is 0 Å². The van der Waals surface area contributed by atoms with E-state index in [-0.39, 0.29) is 0 Å². The van der Waals surface area contributed by atoms with E-state index in [1.807, 2.05) is 12.1 Å². The number of aromatic amines is 1. The molecule has 0 unspecified atom stereocenters. The largest absolute Gasteiger partial charge is 0.368 e. The lowest BCUT2D eigenvalue weighted by Gasteiger charge is -2.29. The molecule has 4 heterocycles. The first-order valence-electron chi connectivity index (χ1n) is 7.48. The Morgan fingerprint density at radius 3 is 2.78 bits per heavy atom. The molecule has 0 aromatic carbocycles. The Hall–Kier alpha value is -2.48. The standard InChI is InChI=1S/C15H16F2N6/c16-15(17)23-9-10(8-20-23)12-7-11-13(1-2-19-14(11)21-12)22-5-3-18-4-6-22/h1-2,7-9,15,18H,3-6H2,(H,19,21). The highest BCUT2D eigenvalue weighted by molar-refractivity contribution is 5.93. The summed E-state index contributed by atoms with van der Waals surface area (Å²) in [6.07, 6.45) is 4.53. The molecule has 3 aromatic rings. The molecule has 0 saturated carbocycles. The van der Waals surface area contributed by atoms with Crippen LogP contribution in [0.4, 0.5) is 14.5 Å². The third-order valence-corrected chi connectivity index (χ3v) is 4.08. The van der Waals surface area contributed by atoms with E-state index in [2.05, 4.69) is 25.3 Å². The first kappa shape index (κ1) is 14.1. The summed E-state index contributed by atoms with van der Waals surface area (Å²) in [7, 11) is 0. The predicted molar refractivity (Wildman–Crippen MR) is 83.7 cm³/mol. The number of alkyl halides is 2. The van der Waals surface area contributed by atoms with E-state index in [1.165, 1.54) is 12.4 Å². The van der Waals surface area contributed by atoms with Crippen molar-refractivity contribution in [2.45, 2.75) is 6.55 Å². The van der Waals surface area contributed by atoms with Crippen LogP contribution in [0.1, 0.15) is 6.55 Å². The fourth-order valence-corrected chi connectivity index (χ4v) is 2.93. The normalized spacial score (nSPS) is 15.7. The van der Waals surface area contributed by atoms with Crippen LogP contribution in [0.5, 0.6) is 0 Å². The van der Waals surface area contributed by atoms with Crippen LogP contribution >= 0.6 is 0 Å². The number of piperazine rings is 1. The van der Waals surface area contributed by atoms with Crippen molar-refractivity contribution in [3.8, 4) is 11.3 Å². The van der Waals surface area contributed by atoms with E-state index < -0.39 is 6.55 Å². The van der Waals surface area contributed by atoms with Gasteiger partial charge in [-0.25, -0.2) is 9.67 Å². The van der Waals surface area contributed by atoms with Crippen molar-refractivity contribution >= 4 is 16.7 Å². The number of H-pyrrole nitrogens is 1. The minimum Gasteiger partial charge on any atom is -0.368 e. The van der Waals surface area contributed by atoms with Gasteiger partial charge in [0.2, 0.25) is 0 Å². The molecule has 23 heavy (non-hydrogen) atoms. The minimum absolute atomic E-state index is 0.620. The lowest BCUT2D eigenvalue weighted by molar-refractivity contribution is 0.0566. The number of nitrogens with zero attached hydrogens (tertiary/aromatic N) is 4. The Bertz CT molecular complexity index is 818. The molecule has 4 rings (SSSR count). The fourth-order valence-electron chi connectivity index (χ4n) is 2.93. The van der Waals surface area contributed by atoms with Gasteiger partial charge in [-0.15, -0.1) is 0 Å². The van der Waals surface area contributed by atoms with Gasteiger partial charge in [-0.05, 0) is 12.1 Å². The van der Waals surface area contributed by atoms with Gasteiger partial charge < -0.3 is 15.2 Å². The maximum Gasteiger partial charge on any atom is 0.333 e. The van der Waals surface area contributed by atoms with Gasteiger partial charge in [-0.1, -0.05) is 0 Å². The minimum atomic E-state index is -2.64. The second-order valence-corrected chi connectivity index (χ2v) is 5.50. The highest BCUT2D eigenvalue weighted by atomic mass is 19.3. The number of anilines is 1. The summed E-state index contributed by atoms with van der Waals surface area (Å²) >= 11 is 0. The second-order valence-electron chi connectivity index (χ2n) is 5.50. The van der Waals surface area contributed by atoms with E-state index in [1.54, 1.807) is 6.20 Å². The molecule has 3 aromatic heterocycles. The summed E-state index contributed by atoms with van der Waals surface area (Å²) in [5.74, 6) is 0. The van der Waals surface area contributed by atoms with Crippen LogP contribution in [0.25, 0.3) is 22.3 Å². The maximum atomic E-state index is 12.7. The number of aromatic nitrogens is 4. The Labute approximate surface area is 131 Å². The first-order valence-corrected chi connectivity index (χ1v) is 7.48.